The van der Waals surface area contributed by atoms with E-state index in [0.717, 1.165) is 10.3 Å². The fourth-order valence-electron chi connectivity index (χ4n) is 1.54. The maximum absolute atomic E-state index is 12.1. The predicted octanol–water partition coefficient (Wildman–Crippen LogP) is 3.64. The largest absolute Gasteiger partial charge is 0.398 e. The number of pyridine rings is 1. The summed E-state index contributed by atoms with van der Waals surface area (Å²) in [7, 11) is 0. The van der Waals surface area contributed by atoms with Gasteiger partial charge < -0.3 is 11.1 Å². The number of carbonyl (C=O) groups excluding carboxylic acids is 1. The summed E-state index contributed by atoms with van der Waals surface area (Å²) in [4.78, 5) is 16.3. The number of aryl methyl sites for hydroxylation is 1. The van der Waals surface area contributed by atoms with E-state index < -0.39 is 0 Å². The smallest absolute Gasteiger partial charge is 0.255 e. The number of nitrogen functional groups attached to an aromatic ring is 1. The molecule has 6 heteroatoms. The van der Waals surface area contributed by atoms with E-state index in [1.807, 2.05) is 6.92 Å². The van der Waals surface area contributed by atoms with Gasteiger partial charge in [0.1, 0.15) is 4.60 Å². The van der Waals surface area contributed by atoms with Crippen LogP contribution in [0.3, 0.4) is 0 Å². The average molecular weight is 341 g/mol. The average Bonchev–Trinajstić information content (AvgIpc) is 2.36. The molecule has 3 N–H and O–H groups in total. The molecule has 0 unspecified atom stereocenters. The first kappa shape index (κ1) is 13.8. The minimum absolute atomic E-state index is 0.254. The van der Waals surface area contributed by atoms with Crippen molar-refractivity contribution in [2.45, 2.75) is 6.92 Å². The van der Waals surface area contributed by atoms with E-state index in [-0.39, 0.29) is 5.91 Å². The van der Waals surface area contributed by atoms with E-state index >= 15 is 0 Å². The second kappa shape index (κ2) is 5.59. The first-order chi connectivity index (χ1) is 8.97. The van der Waals surface area contributed by atoms with Gasteiger partial charge in [-0.25, -0.2) is 4.98 Å². The van der Waals surface area contributed by atoms with Gasteiger partial charge in [0, 0.05) is 5.56 Å². The van der Waals surface area contributed by atoms with Gasteiger partial charge in [0.05, 0.1) is 22.1 Å². The van der Waals surface area contributed by atoms with E-state index in [0.29, 0.717) is 22.0 Å². The van der Waals surface area contributed by atoms with Gasteiger partial charge in [0.25, 0.3) is 5.91 Å². The van der Waals surface area contributed by atoms with Gasteiger partial charge in [-0.05, 0) is 53.2 Å². The van der Waals surface area contributed by atoms with Gasteiger partial charge in [0.2, 0.25) is 0 Å². The van der Waals surface area contributed by atoms with Crippen molar-refractivity contribution in [3.8, 4) is 0 Å². The molecule has 0 aliphatic carbocycles. The Kier molecular flexibility index (Phi) is 4.07. The third-order valence-corrected chi connectivity index (χ3v) is 3.34. The number of hydrogen-bond acceptors (Lipinski definition) is 3. The van der Waals surface area contributed by atoms with Crippen molar-refractivity contribution in [1.82, 2.24) is 4.98 Å². The molecule has 0 fully saturated rings. The molecule has 0 saturated carbocycles. The van der Waals surface area contributed by atoms with E-state index in [4.69, 9.17) is 17.3 Å². The Labute approximate surface area is 124 Å². The molecule has 1 aromatic heterocycles. The number of nitrogens with zero attached hydrogens (tertiary/aromatic N) is 1. The van der Waals surface area contributed by atoms with Crippen molar-refractivity contribution in [1.29, 1.82) is 0 Å². The van der Waals surface area contributed by atoms with E-state index in [1.54, 1.807) is 30.3 Å². The molecular formula is C13H11BrClN3O. The highest BCUT2D eigenvalue weighted by Gasteiger charge is 2.10. The number of carbonyl (C=O) groups is 1. The van der Waals surface area contributed by atoms with Crippen LogP contribution in [-0.4, -0.2) is 10.9 Å². The van der Waals surface area contributed by atoms with E-state index in [2.05, 4.69) is 26.2 Å². The third kappa shape index (κ3) is 3.24. The minimum atomic E-state index is -0.254. The standard InChI is InChI=1S/C13H11BrClN3O/c1-7-11(4-5-12(14)17-7)18-13(19)8-2-3-9(15)10(16)6-8/h2-6H,16H2,1H3,(H,18,19). The van der Waals surface area contributed by atoms with Crippen LogP contribution in [0.2, 0.25) is 5.02 Å². The van der Waals surface area contributed by atoms with Gasteiger partial charge in [0.15, 0.2) is 0 Å². The molecule has 0 saturated heterocycles. The zero-order valence-corrected chi connectivity index (χ0v) is 12.4. The Morgan fingerprint density at radius 3 is 2.74 bits per heavy atom. The van der Waals surface area contributed by atoms with E-state index in [1.165, 1.54) is 0 Å². The Hall–Kier alpha value is -1.59. The molecule has 0 aliphatic rings. The minimum Gasteiger partial charge on any atom is -0.398 e. The molecule has 0 radical (unpaired) electrons. The number of nitrogens with two attached hydrogens (primary N) is 1. The van der Waals surface area contributed by atoms with Crippen molar-refractivity contribution >= 4 is 44.8 Å². The van der Waals surface area contributed by atoms with Crippen LogP contribution in [-0.2, 0) is 0 Å². The molecule has 98 valence electrons. The molecule has 4 nitrogen and oxygen atoms in total. The SMILES string of the molecule is Cc1nc(Br)ccc1NC(=O)c1ccc(Cl)c(N)c1. The number of aromatic nitrogens is 1. The van der Waals surface area contributed by atoms with Gasteiger partial charge in [-0.1, -0.05) is 11.6 Å². The van der Waals surface area contributed by atoms with Crippen molar-refractivity contribution in [3.63, 3.8) is 0 Å². The van der Waals surface area contributed by atoms with Gasteiger partial charge in [-0.15, -0.1) is 0 Å². The number of anilines is 2. The highest BCUT2D eigenvalue weighted by molar-refractivity contribution is 9.10. The lowest BCUT2D eigenvalue weighted by Gasteiger charge is -2.08. The number of nitrogens with one attached hydrogen (secondary N) is 1. The molecule has 0 bridgehead atoms. The molecule has 0 spiro atoms. The Morgan fingerprint density at radius 2 is 2.11 bits per heavy atom. The molecule has 1 heterocycles. The lowest BCUT2D eigenvalue weighted by atomic mass is 10.2. The second-order valence-electron chi connectivity index (χ2n) is 3.96. The zero-order chi connectivity index (χ0) is 14.0. The Bertz CT molecular complexity index is 646. The molecule has 19 heavy (non-hydrogen) atoms. The summed E-state index contributed by atoms with van der Waals surface area (Å²) < 4.78 is 0.721. The van der Waals surface area contributed by atoms with Crippen molar-refractivity contribution in [2.75, 3.05) is 11.1 Å². The van der Waals surface area contributed by atoms with Gasteiger partial charge in [-0.2, -0.15) is 0 Å². The Morgan fingerprint density at radius 1 is 1.37 bits per heavy atom. The van der Waals surface area contributed by atoms with Crippen LogP contribution < -0.4 is 11.1 Å². The van der Waals surface area contributed by atoms with Gasteiger partial charge >= 0.3 is 0 Å². The lowest BCUT2D eigenvalue weighted by Crippen LogP contribution is -2.13. The summed E-state index contributed by atoms with van der Waals surface area (Å²) in [5, 5.41) is 3.21. The first-order valence-electron chi connectivity index (χ1n) is 5.47. The third-order valence-electron chi connectivity index (χ3n) is 2.56. The van der Waals surface area contributed by atoms with Crippen LogP contribution in [0.1, 0.15) is 16.1 Å². The molecule has 2 aromatic rings. The topological polar surface area (TPSA) is 68.0 Å². The monoisotopic (exact) mass is 339 g/mol. The van der Waals surface area contributed by atoms with Crippen LogP contribution >= 0.6 is 27.5 Å². The fraction of sp³-hybridized carbons (Fsp3) is 0.0769. The lowest BCUT2D eigenvalue weighted by molar-refractivity contribution is 0.102. The summed E-state index contributed by atoms with van der Waals surface area (Å²) in [6.07, 6.45) is 0. The van der Waals surface area contributed by atoms with Crippen molar-refractivity contribution < 1.29 is 4.79 Å². The predicted molar refractivity (Wildman–Crippen MR) is 80.5 cm³/mol. The Balaban J connectivity index is 2.23. The first-order valence-corrected chi connectivity index (χ1v) is 6.64. The maximum atomic E-state index is 12.1. The number of amides is 1. The summed E-state index contributed by atoms with van der Waals surface area (Å²) in [5.41, 5.74) is 7.88. The summed E-state index contributed by atoms with van der Waals surface area (Å²) in [6, 6.07) is 8.30. The summed E-state index contributed by atoms with van der Waals surface area (Å²) in [6.45, 7) is 1.82. The summed E-state index contributed by atoms with van der Waals surface area (Å²) in [5.74, 6) is -0.254. The fourth-order valence-corrected chi connectivity index (χ4v) is 2.06. The van der Waals surface area contributed by atoms with Crippen LogP contribution in [0.4, 0.5) is 11.4 Å². The molecule has 2 rings (SSSR count). The van der Waals surface area contributed by atoms with Crippen LogP contribution in [0.5, 0.6) is 0 Å². The van der Waals surface area contributed by atoms with Gasteiger partial charge in [-0.3, -0.25) is 4.79 Å². The number of rotatable bonds is 2. The molecule has 1 amide bonds. The number of hydrogen-bond donors (Lipinski definition) is 2. The molecule has 1 aromatic carbocycles. The highest BCUT2D eigenvalue weighted by atomic mass is 79.9. The van der Waals surface area contributed by atoms with Crippen LogP contribution in [0.15, 0.2) is 34.9 Å². The van der Waals surface area contributed by atoms with Crippen molar-refractivity contribution in [3.05, 3.63) is 51.2 Å². The van der Waals surface area contributed by atoms with E-state index in [9.17, 15) is 4.79 Å². The number of halogens is 2. The quantitative estimate of drug-likeness (QED) is 0.648. The highest BCUT2D eigenvalue weighted by Crippen LogP contribution is 2.21. The van der Waals surface area contributed by atoms with Crippen LogP contribution in [0, 0.1) is 6.92 Å². The molecule has 0 atom stereocenters. The number of benzene rings is 1. The summed E-state index contributed by atoms with van der Waals surface area (Å²) >= 11 is 9.09. The molecular weight excluding hydrogens is 330 g/mol. The molecule has 0 aliphatic heterocycles. The van der Waals surface area contributed by atoms with Crippen molar-refractivity contribution in [2.24, 2.45) is 0 Å². The normalized spacial score (nSPS) is 10.3. The zero-order valence-electron chi connectivity index (χ0n) is 10.1. The second-order valence-corrected chi connectivity index (χ2v) is 5.18. The maximum Gasteiger partial charge on any atom is 0.255 e. The van der Waals surface area contributed by atoms with Crippen LogP contribution in [0.25, 0.3) is 0 Å².